The van der Waals surface area contributed by atoms with Crippen LogP contribution < -0.4 is 20.0 Å². The third-order valence-corrected chi connectivity index (χ3v) is 13.6. The number of nitrogens with one attached hydrogen (secondary N) is 1. The topological polar surface area (TPSA) is 141 Å². The molecule has 0 aromatic heterocycles. The standard InChI is InChI=1S/C45H51ClN8O5/c1-30(3-12-41(56)48-29-55)54-43(58)38-11-10-36(21-39(38)44(54)59)52-26-32(27-52)25-49-17-19-50(20-18-49)35-7-4-33(5-8-35)42(57)51-15-13-45(14-16-51)23-31(2)53(28-45)37-9-6-34(24-47)40(46)22-37/h4-11,21-22,29-32H,3,12-20,23,25-28H2,1-2H3,(H,48,55,56). The molecular weight excluding hydrogens is 768 g/mol. The van der Waals surface area contributed by atoms with Crippen LogP contribution in [0.25, 0.3) is 0 Å². The smallest absolute Gasteiger partial charge is 0.261 e. The summed E-state index contributed by atoms with van der Waals surface area (Å²) in [5.74, 6) is -0.532. The van der Waals surface area contributed by atoms with Crippen molar-refractivity contribution in [2.45, 2.75) is 58.0 Å². The number of carbonyl (C=O) groups is 5. The monoisotopic (exact) mass is 818 g/mol. The lowest BCUT2D eigenvalue weighted by Crippen LogP contribution is -2.55. The van der Waals surface area contributed by atoms with E-state index < -0.39 is 11.9 Å². The number of fused-ring (bicyclic) bond motifs is 1. The van der Waals surface area contributed by atoms with Crippen molar-refractivity contribution in [3.8, 4) is 6.07 Å². The average molecular weight is 819 g/mol. The molecule has 5 heterocycles. The number of benzene rings is 3. The normalized spacial score (nSPS) is 21.1. The molecule has 5 amide bonds. The minimum atomic E-state index is -0.474. The molecule has 3 aromatic carbocycles. The molecule has 1 N–H and O–H groups in total. The Kier molecular flexibility index (Phi) is 11.4. The van der Waals surface area contributed by atoms with Crippen LogP contribution in [0.2, 0.25) is 5.02 Å². The van der Waals surface area contributed by atoms with E-state index in [-0.39, 0.29) is 36.0 Å². The van der Waals surface area contributed by atoms with E-state index in [1.54, 1.807) is 19.1 Å². The first-order chi connectivity index (χ1) is 28.5. The van der Waals surface area contributed by atoms with Crippen LogP contribution in [0.1, 0.15) is 82.6 Å². The molecule has 5 aliphatic rings. The largest absolute Gasteiger partial charge is 0.371 e. The SMILES string of the molecule is CC(CCC(=O)NC=O)N1C(=O)c2ccc(N3CC(CN4CCN(c5ccc(C(=O)N6CCC7(CC6)CC(C)N(c6ccc(C#N)c(Cl)c6)C7)cc5)CC4)C3)cc2C1=O. The number of rotatable bonds is 11. The van der Waals surface area contributed by atoms with Crippen molar-refractivity contribution < 1.29 is 24.0 Å². The van der Waals surface area contributed by atoms with Crippen molar-refractivity contribution in [1.29, 1.82) is 5.26 Å². The minimum Gasteiger partial charge on any atom is -0.371 e. The summed E-state index contributed by atoms with van der Waals surface area (Å²) in [5.41, 5.74) is 5.29. The second kappa shape index (κ2) is 16.7. The van der Waals surface area contributed by atoms with Gasteiger partial charge in [-0.1, -0.05) is 11.6 Å². The third-order valence-electron chi connectivity index (χ3n) is 13.3. The summed E-state index contributed by atoms with van der Waals surface area (Å²) in [6.07, 6.45) is 3.66. The first-order valence-electron chi connectivity index (χ1n) is 20.8. The summed E-state index contributed by atoms with van der Waals surface area (Å²) in [7, 11) is 0. The minimum absolute atomic E-state index is 0.0417. The quantitative estimate of drug-likeness (QED) is 0.207. The van der Waals surface area contributed by atoms with E-state index in [4.69, 9.17) is 11.6 Å². The van der Waals surface area contributed by atoms with Gasteiger partial charge in [0.25, 0.3) is 17.7 Å². The van der Waals surface area contributed by atoms with Crippen molar-refractivity contribution in [3.63, 3.8) is 0 Å². The number of likely N-dealkylation sites (tertiary alicyclic amines) is 1. The Hall–Kier alpha value is -5.45. The molecular formula is C45H51ClN8O5. The van der Waals surface area contributed by atoms with Crippen molar-refractivity contribution in [3.05, 3.63) is 87.9 Å². The van der Waals surface area contributed by atoms with Gasteiger partial charge in [0, 0.05) is 112 Å². The van der Waals surface area contributed by atoms with Crippen LogP contribution in [0, 0.1) is 22.7 Å². The molecule has 4 saturated heterocycles. The lowest BCUT2D eigenvalue weighted by Gasteiger charge is -2.45. The van der Waals surface area contributed by atoms with Crippen molar-refractivity contribution in [1.82, 2.24) is 20.0 Å². The Morgan fingerprint density at radius 1 is 0.898 bits per heavy atom. The van der Waals surface area contributed by atoms with Gasteiger partial charge in [-0.15, -0.1) is 0 Å². The van der Waals surface area contributed by atoms with E-state index >= 15 is 0 Å². The van der Waals surface area contributed by atoms with Crippen LogP contribution in [0.5, 0.6) is 0 Å². The fraction of sp³-hybridized carbons (Fsp3) is 0.467. The number of hydrogen-bond acceptors (Lipinski definition) is 10. The van der Waals surface area contributed by atoms with E-state index in [0.29, 0.717) is 40.1 Å². The maximum absolute atomic E-state index is 13.6. The van der Waals surface area contributed by atoms with Gasteiger partial charge in [0.05, 0.1) is 21.7 Å². The molecule has 0 saturated carbocycles. The number of amides is 5. The van der Waals surface area contributed by atoms with Gasteiger partial charge < -0.3 is 19.6 Å². The molecule has 0 radical (unpaired) electrons. The fourth-order valence-electron chi connectivity index (χ4n) is 9.88. The van der Waals surface area contributed by atoms with Gasteiger partial charge in [-0.3, -0.25) is 39.1 Å². The molecule has 14 heteroatoms. The van der Waals surface area contributed by atoms with Crippen LogP contribution >= 0.6 is 11.6 Å². The number of nitriles is 1. The van der Waals surface area contributed by atoms with Gasteiger partial charge in [0.15, 0.2) is 0 Å². The number of halogens is 1. The lowest BCUT2D eigenvalue weighted by molar-refractivity contribution is -0.125. The highest BCUT2D eigenvalue weighted by Crippen LogP contribution is 2.45. The van der Waals surface area contributed by atoms with Gasteiger partial charge in [-0.05, 0) is 106 Å². The number of carbonyl (C=O) groups excluding carboxylic acids is 5. The van der Waals surface area contributed by atoms with Crippen LogP contribution in [-0.4, -0.2) is 122 Å². The number of hydrogen-bond donors (Lipinski definition) is 1. The van der Waals surface area contributed by atoms with Gasteiger partial charge >= 0.3 is 0 Å². The number of piperidine rings is 1. The van der Waals surface area contributed by atoms with E-state index in [1.807, 2.05) is 41.3 Å². The van der Waals surface area contributed by atoms with Crippen molar-refractivity contribution in [2.75, 3.05) is 80.1 Å². The van der Waals surface area contributed by atoms with Gasteiger partial charge in [0.1, 0.15) is 6.07 Å². The second-order valence-electron chi connectivity index (χ2n) is 17.1. The fourth-order valence-corrected chi connectivity index (χ4v) is 10.1. The molecule has 5 aliphatic heterocycles. The Morgan fingerprint density at radius 3 is 2.25 bits per heavy atom. The first-order valence-corrected chi connectivity index (χ1v) is 21.2. The number of imide groups is 2. The zero-order valence-electron chi connectivity index (χ0n) is 33.7. The zero-order chi connectivity index (χ0) is 41.4. The van der Waals surface area contributed by atoms with E-state index in [1.165, 1.54) is 4.90 Å². The van der Waals surface area contributed by atoms with Crippen LogP contribution in [-0.2, 0) is 9.59 Å². The lowest BCUT2D eigenvalue weighted by atomic mass is 9.76. The van der Waals surface area contributed by atoms with Crippen molar-refractivity contribution in [2.24, 2.45) is 11.3 Å². The van der Waals surface area contributed by atoms with Gasteiger partial charge in [-0.2, -0.15) is 5.26 Å². The molecule has 13 nitrogen and oxygen atoms in total. The van der Waals surface area contributed by atoms with E-state index in [2.05, 4.69) is 50.0 Å². The molecule has 0 aliphatic carbocycles. The van der Waals surface area contributed by atoms with Gasteiger partial charge in [-0.25, -0.2) is 0 Å². The molecule has 0 bridgehead atoms. The average Bonchev–Trinajstić information content (AvgIpc) is 3.68. The number of nitrogens with zero attached hydrogens (tertiary/aromatic N) is 7. The highest BCUT2D eigenvalue weighted by atomic mass is 35.5. The van der Waals surface area contributed by atoms with Gasteiger partial charge in [0.2, 0.25) is 12.3 Å². The maximum Gasteiger partial charge on any atom is 0.261 e. The molecule has 1 spiro atoms. The molecule has 59 heavy (non-hydrogen) atoms. The Bertz CT molecular complexity index is 2170. The number of piperazine rings is 1. The predicted molar refractivity (Wildman–Crippen MR) is 226 cm³/mol. The summed E-state index contributed by atoms with van der Waals surface area (Å²) < 4.78 is 0. The molecule has 308 valence electrons. The Labute approximate surface area is 350 Å². The number of anilines is 3. The summed E-state index contributed by atoms with van der Waals surface area (Å²) in [5, 5.41) is 11.9. The van der Waals surface area contributed by atoms with Crippen LogP contribution in [0.3, 0.4) is 0 Å². The third kappa shape index (κ3) is 8.13. The highest BCUT2D eigenvalue weighted by molar-refractivity contribution is 6.32. The van der Waals surface area contributed by atoms with Crippen LogP contribution in [0.4, 0.5) is 17.1 Å². The Morgan fingerprint density at radius 2 is 1.58 bits per heavy atom. The summed E-state index contributed by atoms with van der Waals surface area (Å²) in [4.78, 5) is 75.0. The predicted octanol–water partition coefficient (Wildman–Crippen LogP) is 5.03. The summed E-state index contributed by atoms with van der Waals surface area (Å²) in [6, 6.07) is 21.3. The molecule has 2 atom stereocenters. The van der Waals surface area contributed by atoms with Crippen molar-refractivity contribution >= 4 is 58.7 Å². The first kappa shape index (κ1) is 40.3. The van der Waals surface area contributed by atoms with E-state index in [0.717, 1.165) is 107 Å². The molecule has 3 aromatic rings. The highest BCUT2D eigenvalue weighted by Gasteiger charge is 2.45. The molecule has 4 fully saturated rings. The van der Waals surface area contributed by atoms with Crippen LogP contribution in [0.15, 0.2) is 60.7 Å². The summed E-state index contributed by atoms with van der Waals surface area (Å²) in [6.45, 7) is 12.9. The molecule has 2 unspecified atom stereocenters. The maximum atomic E-state index is 13.6. The molecule has 8 rings (SSSR count). The second-order valence-corrected chi connectivity index (χ2v) is 17.5. The summed E-state index contributed by atoms with van der Waals surface area (Å²) >= 11 is 6.36. The Balaban J connectivity index is 0.768. The zero-order valence-corrected chi connectivity index (χ0v) is 34.5. The van der Waals surface area contributed by atoms with E-state index in [9.17, 15) is 29.2 Å².